The van der Waals surface area contributed by atoms with Crippen molar-refractivity contribution >= 4 is 39.9 Å². The zero-order valence-corrected chi connectivity index (χ0v) is 16.7. The van der Waals surface area contributed by atoms with Gasteiger partial charge >= 0.3 is 0 Å². The molecule has 0 radical (unpaired) electrons. The highest BCUT2D eigenvalue weighted by Crippen LogP contribution is 2.24. The van der Waals surface area contributed by atoms with Crippen LogP contribution in [0, 0.1) is 20.8 Å². The number of benzene rings is 1. The highest BCUT2D eigenvalue weighted by atomic mass is 35.5. The number of carbonyl (C=O) groups excluding carboxylic acids is 1. The molecule has 1 aromatic carbocycles. The third-order valence-electron chi connectivity index (χ3n) is 5.03. The molecule has 3 heterocycles. The van der Waals surface area contributed by atoms with Gasteiger partial charge in [-0.2, -0.15) is 0 Å². The Labute approximate surface area is 167 Å². The Morgan fingerprint density at radius 1 is 1.18 bits per heavy atom. The van der Waals surface area contributed by atoms with E-state index in [9.17, 15) is 4.79 Å². The maximum absolute atomic E-state index is 12.5. The Kier molecular flexibility index (Phi) is 4.73. The molecule has 4 aromatic rings. The van der Waals surface area contributed by atoms with Crippen molar-refractivity contribution < 1.29 is 4.79 Å². The van der Waals surface area contributed by atoms with E-state index in [-0.39, 0.29) is 5.91 Å². The largest absolute Gasteiger partial charge is 0.326 e. The first-order valence-electron chi connectivity index (χ1n) is 9.10. The summed E-state index contributed by atoms with van der Waals surface area (Å²) in [5.41, 5.74) is 5.98. The summed E-state index contributed by atoms with van der Waals surface area (Å²) < 4.78 is 1.82. The predicted molar refractivity (Wildman–Crippen MR) is 111 cm³/mol. The lowest BCUT2D eigenvalue weighted by Crippen LogP contribution is -2.15. The number of halogens is 1. The van der Waals surface area contributed by atoms with Gasteiger partial charge in [0.15, 0.2) is 11.3 Å². The molecule has 0 unspecified atom stereocenters. The van der Waals surface area contributed by atoms with Gasteiger partial charge in [0, 0.05) is 34.7 Å². The second-order valence-corrected chi connectivity index (χ2v) is 7.24. The summed E-state index contributed by atoms with van der Waals surface area (Å²) in [7, 11) is 0. The zero-order valence-electron chi connectivity index (χ0n) is 16.0. The van der Waals surface area contributed by atoms with Gasteiger partial charge in [-0.05, 0) is 62.6 Å². The number of amides is 1. The monoisotopic (exact) mass is 393 g/mol. The van der Waals surface area contributed by atoms with Gasteiger partial charge in [0.25, 0.3) is 0 Å². The summed E-state index contributed by atoms with van der Waals surface area (Å²) in [4.78, 5) is 21.5. The van der Waals surface area contributed by atoms with E-state index in [1.807, 2.05) is 55.6 Å². The average Bonchev–Trinajstić information content (AvgIpc) is 3.04. The SMILES string of the molecule is Cc1nc2c3cccnc3nn2c(C)c1CCC(=O)Nc1cccc(Cl)c1C. The first-order chi connectivity index (χ1) is 13.5. The third kappa shape index (κ3) is 3.20. The Morgan fingerprint density at radius 2 is 2.00 bits per heavy atom. The van der Waals surface area contributed by atoms with Crippen LogP contribution in [0.15, 0.2) is 36.5 Å². The van der Waals surface area contributed by atoms with Crippen molar-refractivity contribution in [2.75, 3.05) is 5.32 Å². The van der Waals surface area contributed by atoms with Gasteiger partial charge in [0.2, 0.25) is 5.91 Å². The first-order valence-corrected chi connectivity index (χ1v) is 9.48. The Hall–Kier alpha value is -2.99. The molecule has 0 aliphatic rings. The van der Waals surface area contributed by atoms with E-state index in [0.717, 1.165) is 39.2 Å². The third-order valence-corrected chi connectivity index (χ3v) is 5.44. The van der Waals surface area contributed by atoms with E-state index >= 15 is 0 Å². The van der Waals surface area contributed by atoms with Crippen LogP contribution in [0.5, 0.6) is 0 Å². The highest BCUT2D eigenvalue weighted by Gasteiger charge is 2.15. The van der Waals surface area contributed by atoms with Crippen molar-refractivity contribution in [3.8, 4) is 0 Å². The number of pyridine rings is 1. The summed E-state index contributed by atoms with van der Waals surface area (Å²) in [6, 6.07) is 9.34. The minimum Gasteiger partial charge on any atom is -0.326 e. The zero-order chi connectivity index (χ0) is 19.8. The normalized spacial score (nSPS) is 11.3. The molecule has 0 spiro atoms. The Morgan fingerprint density at radius 3 is 2.82 bits per heavy atom. The molecule has 0 saturated carbocycles. The fourth-order valence-corrected chi connectivity index (χ4v) is 3.60. The summed E-state index contributed by atoms with van der Waals surface area (Å²) in [5.74, 6) is -0.0587. The van der Waals surface area contributed by atoms with Gasteiger partial charge in [-0.15, -0.1) is 5.10 Å². The molecule has 142 valence electrons. The van der Waals surface area contributed by atoms with Crippen LogP contribution >= 0.6 is 11.6 Å². The summed E-state index contributed by atoms with van der Waals surface area (Å²) in [6.45, 7) is 5.86. The number of fused-ring (bicyclic) bond motifs is 3. The minimum atomic E-state index is -0.0587. The standard InChI is InChI=1S/C21H20ClN5O/c1-12-17(22)7-4-8-18(12)25-19(28)10-9-15-13(2)24-21-16-6-5-11-23-20(16)26-27(21)14(15)3/h4-8,11H,9-10H2,1-3H3,(H,25,28). The number of hydrogen-bond donors (Lipinski definition) is 1. The Balaban J connectivity index is 1.58. The summed E-state index contributed by atoms with van der Waals surface area (Å²) >= 11 is 6.13. The molecule has 3 aromatic heterocycles. The number of hydrogen-bond acceptors (Lipinski definition) is 4. The van der Waals surface area contributed by atoms with Gasteiger partial charge in [0.05, 0.1) is 5.39 Å². The molecule has 0 saturated heterocycles. The fraction of sp³-hybridized carbons (Fsp3) is 0.238. The van der Waals surface area contributed by atoms with Gasteiger partial charge in [-0.3, -0.25) is 4.79 Å². The van der Waals surface area contributed by atoms with Crippen molar-refractivity contribution in [3.63, 3.8) is 0 Å². The van der Waals surface area contributed by atoms with Gasteiger partial charge < -0.3 is 5.32 Å². The lowest BCUT2D eigenvalue weighted by molar-refractivity contribution is -0.116. The predicted octanol–water partition coefficient (Wildman–Crippen LogP) is 4.43. The van der Waals surface area contributed by atoms with Crippen LogP contribution in [0.2, 0.25) is 5.02 Å². The molecule has 4 rings (SSSR count). The highest BCUT2D eigenvalue weighted by molar-refractivity contribution is 6.31. The molecule has 0 bridgehead atoms. The molecule has 0 atom stereocenters. The van der Waals surface area contributed by atoms with E-state index in [2.05, 4.69) is 15.4 Å². The van der Waals surface area contributed by atoms with Crippen molar-refractivity contribution in [3.05, 3.63) is 64.1 Å². The lowest BCUT2D eigenvalue weighted by atomic mass is 10.1. The van der Waals surface area contributed by atoms with Crippen LogP contribution in [-0.4, -0.2) is 25.5 Å². The number of rotatable bonds is 4. The van der Waals surface area contributed by atoms with E-state index in [1.165, 1.54) is 0 Å². The van der Waals surface area contributed by atoms with Crippen LogP contribution in [0.3, 0.4) is 0 Å². The molecule has 1 N–H and O–H groups in total. The van der Waals surface area contributed by atoms with Gasteiger partial charge in [-0.1, -0.05) is 17.7 Å². The van der Waals surface area contributed by atoms with Crippen LogP contribution in [0.4, 0.5) is 5.69 Å². The minimum absolute atomic E-state index is 0.0587. The summed E-state index contributed by atoms with van der Waals surface area (Å²) in [6.07, 6.45) is 2.65. The van der Waals surface area contributed by atoms with Crippen LogP contribution in [0.25, 0.3) is 16.7 Å². The van der Waals surface area contributed by atoms with Gasteiger partial charge in [0.1, 0.15) is 0 Å². The first kappa shape index (κ1) is 18.4. The second-order valence-electron chi connectivity index (χ2n) is 6.83. The molecule has 0 aliphatic heterocycles. The molecule has 0 aliphatic carbocycles. The topological polar surface area (TPSA) is 72.2 Å². The quantitative estimate of drug-likeness (QED) is 0.556. The van der Waals surface area contributed by atoms with Crippen LogP contribution in [-0.2, 0) is 11.2 Å². The second kappa shape index (κ2) is 7.20. The summed E-state index contributed by atoms with van der Waals surface area (Å²) in [5, 5.41) is 9.07. The van der Waals surface area contributed by atoms with E-state index in [1.54, 1.807) is 6.20 Å². The van der Waals surface area contributed by atoms with E-state index < -0.39 is 0 Å². The molecule has 7 heteroatoms. The number of aromatic nitrogens is 4. The van der Waals surface area contributed by atoms with Crippen molar-refractivity contribution in [1.29, 1.82) is 0 Å². The van der Waals surface area contributed by atoms with Crippen LogP contribution in [0.1, 0.15) is 28.9 Å². The van der Waals surface area contributed by atoms with Gasteiger partial charge in [-0.25, -0.2) is 14.5 Å². The molecule has 0 fully saturated rings. The molecule has 6 nitrogen and oxygen atoms in total. The maximum Gasteiger partial charge on any atom is 0.224 e. The average molecular weight is 394 g/mol. The van der Waals surface area contributed by atoms with Crippen LogP contribution < -0.4 is 5.32 Å². The number of nitrogens with one attached hydrogen (secondary N) is 1. The lowest BCUT2D eigenvalue weighted by Gasteiger charge is -2.12. The Bertz CT molecular complexity index is 1210. The smallest absolute Gasteiger partial charge is 0.224 e. The van der Waals surface area contributed by atoms with E-state index in [4.69, 9.17) is 16.6 Å². The molecular weight excluding hydrogens is 374 g/mol. The molecular formula is C21H20ClN5O. The molecule has 1 amide bonds. The maximum atomic E-state index is 12.5. The fourth-order valence-electron chi connectivity index (χ4n) is 3.42. The molecule has 28 heavy (non-hydrogen) atoms. The van der Waals surface area contributed by atoms with Crippen molar-refractivity contribution in [2.45, 2.75) is 33.6 Å². The van der Waals surface area contributed by atoms with Crippen molar-refractivity contribution in [1.82, 2.24) is 19.6 Å². The number of anilines is 1. The van der Waals surface area contributed by atoms with Crippen molar-refractivity contribution in [2.24, 2.45) is 0 Å². The number of aryl methyl sites for hydroxylation is 2. The number of nitrogens with zero attached hydrogens (tertiary/aromatic N) is 4. The van der Waals surface area contributed by atoms with E-state index in [0.29, 0.717) is 23.5 Å². The number of carbonyl (C=O) groups is 1.